The fourth-order valence-corrected chi connectivity index (χ4v) is 1.24. The summed E-state index contributed by atoms with van der Waals surface area (Å²) in [6.07, 6.45) is 3.93. The van der Waals surface area contributed by atoms with Crippen molar-refractivity contribution in [2.24, 2.45) is 0 Å². The quantitative estimate of drug-likeness (QED) is 0.684. The molecule has 0 N–H and O–H groups in total. The van der Waals surface area contributed by atoms with Crippen molar-refractivity contribution in [3.05, 3.63) is 30.3 Å². The van der Waals surface area contributed by atoms with E-state index in [0.29, 0.717) is 0 Å². The van der Waals surface area contributed by atoms with Crippen LogP contribution < -0.4 is 4.74 Å². The average Bonchev–Trinajstić information content (AvgIpc) is 2.33. The van der Waals surface area contributed by atoms with E-state index in [9.17, 15) is 0 Å². The molecule has 0 radical (unpaired) electrons. The summed E-state index contributed by atoms with van der Waals surface area (Å²) in [6, 6.07) is 9.68. The monoisotopic (exact) mass is 194 g/mol. The Kier molecular flexibility index (Phi) is 5.84. The lowest BCUT2D eigenvalue weighted by molar-refractivity contribution is 0.0968. The van der Waals surface area contributed by atoms with Gasteiger partial charge < -0.3 is 9.47 Å². The van der Waals surface area contributed by atoms with E-state index in [-0.39, 0.29) is 0 Å². The Hall–Kier alpha value is -1.02. The molecule has 2 rings (SSSR count). The molecule has 1 aliphatic rings. The highest BCUT2D eigenvalue weighted by atomic mass is 16.5. The minimum absolute atomic E-state index is 0.910. The Morgan fingerprint density at radius 2 is 1.64 bits per heavy atom. The van der Waals surface area contributed by atoms with Gasteiger partial charge in [0.25, 0.3) is 0 Å². The van der Waals surface area contributed by atoms with Crippen LogP contribution in [0.4, 0.5) is 0 Å². The number of benzene rings is 1. The standard InChI is InChI=1S/C7H8O.C5H10O/c1-8-7-5-3-2-4-6-7;1-2-4-6-5-3-1/h2-6H,1H3;1-5H2. The van der Waals surface area contributed by atoms with Crippen molar-refractivity contribution >= 4 is 0 Å². The summed E-state index contributed by atoms with van der Waals surface area (Å²) in [5.74, 6) is 0.910. The minimum atomic E-state index is 0.910. The molecule has 0 amide bonds. The van der Waals surface area contributed by atoms with Crippen LogP contribution in [0.3, 0.4) is 0 Å². The Morgan fingerprint density at radius 1 is 1.00 bits per heavy atom. The van der Waals surface area contributed by atoms with Crippen molar-refractivity contribution in [2.75, 3.05) is 20.3 Å². The van der Waals surface area contributed by atoms with E-state index >= 15 is 0 Å². The minimum Gasteiger partial charge on any atom is -0.497 e. The van der Waals surface area contributed by atoms with E-state index in [1.165, 1.54) is 19.3 Å². The first-order valence-corrected chi connectivity index (χ1v) is 5.10. The highest BCUT2D eigenvalue weighted by Crippen LogP contribution is 2.05. The largest absolute Gasteiger partial charge is 0.497 e. The van der Waals surface area contributed by atoms with Gasteiger partial charge in [0, 0.05) is 13.2 Å². The maximum atomic E-state index is 5.07. The van der Waals surface area contributed by atoms with Gasteiger partial charge in [0.05, 0.1) is 7.11 Å². The zero-order valence-corrected chi connectivity index (χ0v) is 8.74. The van der Waals surface area contributed by atoms with Crippen LogP contribution >= 0.6 is 0 Å². The Morgan fingerprint density at radius 3 is 1.93 bits per heavy atom. The summed E-state index contributed by atoms with van der Waals surface area (Å²) in [5.41, 5.74) is 0. The third-order valence-electron chi connectivity index (χ3n) is 2.06. The molecule has 1 saturated heterocycles. The average molecular weight is 194 g/mol. The summed E-state index contributed by atoms with van der Waals surface area (Å²) in [5, 5.41) is 0. The second-order valence-corrected chi connectivity index (χ2v) is 3.19. The van der Waals surface area contributed by atoms with E-state index in [0.717, 1.165) is 19.0 Å². The maximum Gasteiger partial charge on any atom is 0.118 e. The summed E-state index contributed by atoms with van der Waals surface area (Å²) in [4.78, 5) is 0. The Bertz CT molecular complexity index is 206. The van der Waals surface area contributed by atoms with Crippen molar-refractivity contribution in [1.82, 2.24) is 0 Å². The van der Waals surface area contributed by atoms with Crippen LogP contribution in [0.25, 0.3) is 0 Å². The van der Waals surface area contributed by atoms with Gasteiger partial charge in [0.2, 0.25) is 0 Å². The van der Waals surface area contributed by atoms with Crippen LogP contribution in [-0.4, -0.2) is 20.3 Å². The summed E-state index contributed by atoms with van der Waals surface area (Å²) >= 11 is 0. The van der Waals surface area contributed by atoms with Gasteiger partial charge in [-0.3, -0.25) is 0 Å². The first-order valence-electron chi connectivity index (χ1n) is 5.10. The number of para-hydroxylation sites is 1. The molecule has 1 fully saturated rings. The second-order valence-electron chi connectivity index (χ2n) is 3.19. The summed E-state index contributed by atoms with van der Waals surface area (Å²) < 4.78 is 9.98. The fraction of sp³-hybridized carbons (Fsp3) is 0.500. The predicted octanol–water partition coefficient (Wildman–Crippen LogP) is 2.88. The first-order chi connectivity index (χ1) is 6.93. The number of rotatable bonds is 1. The van der Waals surface area contributed by atoms with Gasteiger partial charge in [-0.15, -0.1) is 0 Å². The predicted molar refractivity (Wildman–Crippen MR) is 57.7 cm³/mol. The summed E-state index contributed by atoms with van der Waals surface area (Å²) in [7, 11) is 1.66. The first kappa shape index (κ1) is 11.1. The molecular weight excluding hydrogens is 176 g/mol. The lowest BCUT2D eigenvalue weighted by Crippen LogP contribution is -2.03. The van der Waals surface area contributed by atoms with Gasteiger partial charge in [0.1, 0.15) is 5.75 Å². The molecule has 0 bridgehead atoms. The van der Waals surface area contributed by atoms with Gasteiger partial charge >= 0.3 is 0 Å². The molecule has 0 spiro atoms. The molecule has 1 aromatic rings. The number of ether oxygens (including phenoxy) is 2. The van der Waals surface area contributed by atoms with Gasteiger partial charge in [-0.05, 0) is 31.4 Å². The molecule has 1 aromatic carbocycles. The van der Waals surface area contributed by atoms with Gasteiger partial charge in [-0.2, -0.15) is 0 Å². The number of methoxy groups -OCH3 is 1. The second kappa shape index (κ2) is 7.39. The highest BCUT2D eigenvalue weighted by molar-refractivity contribution is 5.20. The molecule has 0 saturated carbocycles. The lowest BCUT2D eigenvalue weighted by atomic mass is 10.2. The maximum absolute atomic E-state index is 5.07. The molecule has 0 aliphatic carbocycles. The summed E-state index contributed by atoms with van der Waals surface area (Å²) in [6.45, 7) is 2.00. The third-order valence-corrected chi connectivity index (χ3v) is 2.06. The van der Waals surface area contributed by atoms with E-state index in [1.54, 1.807) is 7.11 Å². The lowest BCUT2D eigenvalue weighted by Gasteiger charge is -2.08. The van der Waals surface area contributed by atoms with Gasteiger partial charge in [-0.25, -0.2) is 0 Å². The van der Waals surface area contributed by atoms with Crippen molar-refractivity contribution < 1.29 is 9.47 Å². The molecule has 78 valence electrons. The highest BCUT2D eigenvalue weighted by Gasteiger charge is 1.95. The van der Waals surface area contributed by atoms with E-state index in [1.807, 2.05) is 30.3 Å². The van der Waals surface area contributed by atoms with Crippen LogP contribution in [0.2, 0.25) is 0 Å². The van der Waals surface area contributed by atoms with Crippen LogP contribution in [0, 0.1) is 0 Å². The van der Waals surface area contributed by atoms with E-state index in [2.05, 4.69) is 0 Å². The van der Waals surface area contributed by atoms with E-state index < -0.39 is 0 Å². The number of hydrogen-bond donors (Lipinski definition) is 0. The van der Waals surface area contributed by atoms with Crippen molar-refractivity contribution in [3.63, 3.8) is 0 Å². The molecule has 0 aromatic heterocycles. The van der Waals surface area contributed by atoms with Crippen LogP contribution in [0.5, 0.6) is 5.75 Å². The van der Waals surface area contributed by atoms with E-state index in [4.69, 9.17) is 9.47 Å². The fourth-order valence-electron chi connectivity index (χ4n) is 1.24. The van der Waals surface area contributed by atoms with Gasteiger partial charge in [-0.1, -0.05) is 18.2 Å². The van der Waals surface area contributed by atoms with Crippen molar-refractivity contribution in [3.8, 4) is 5.75 Å². The van der Waals surface area contributed by atoms with Crippen LogP contribution in [-0.2, 0) is 4.74 Å². The zero-order chi connectivity index (χ0) is 10.1. The Balaban J connectivity index is 0.000000146. The molecule has 1 heterocycles. The third kappa shape index (κ3) is 4.87. The SMILES string of the molecule is C1CCOCC1.COc1ccccc1. The zero-order valence-electron chi connectivity index (χ0n) is 8.74. The van der Waals surface area contributed by atoms with Crippen LogP contribution in [0.1, 0.15) is 19.3 Å². The van der Waals surface area contributed by atoms with Crippen molar-refractivity contribution in [2.45, 2.75) is 19.3 Å². The molecule has 1 aliphatic heterocycles. The van der Waals surface area contributed by atoms with Crippen LogP contribution in [0.15, 0.2) is 30.3 Å². The number of hydrogen-bond acceptors (Lipinski definition) is 2. The molecule has 0 unspecified atom stereocenters. The Labute approximate surface area is 85.8 Å². The molecular formula is C12H18O2. The molecule has 2 nitrogen and oxygen atoms in total. The normalized spacial score (nSPS) is 15.2. The topological polar surface area (TPSA) is 18.5 Å². The molecule has 14 heavy (non-hydrogen) atoms. The van der Waals surface area contributed by atoms with Gasteiger partial charge in [0.15, 0.2) is 0 Å². The molecule has 0 atom stereocenters. The molecule has 2 heteroatoms. The van der Waals surface area contributed by atoms with Crippen molar-refractivity contribution in [1.29, 1.82) is 0 Å². The smallest absolute Gasteiger partial charge is 0.118 e.